The maximum absolute atomic E-state index is 14.5. The van der Waals surface area contributed by atoms with Gasteiger partial charge in [-0.1, -0.05) is 29.3 Å². The van der Waals surface area contributed by atoms with Gasteiger partial charge in [-0.3, -0.25) is 9.52 Å². The summed E-state index contributed by atoms with van der Waals surface area (Å²) >= 11 is 11.7. The van der Waals surface area contributed by atoms with Crippen molar-refractivity contribution in [3.63, 3.8) is 0 Å². The molecule has 3 aromatic carbocycles. The van der Waals surface area contributed by atoms with Gasteiger partial charge in [0, 0.05) is 15.6 Å². The molecule has 0 atom stereocenters. The second kappa shape index (κ2) is 8.41. The molecule has 2 N–H and O–H groups in total. The fraction of sp³-hybridized carbons (Fsp3) is 0.0500. The van der Waals surface area contributed by atoms with Crippen LogP contribution in [0.15, 0.2) is 65.6 Å². The Morgan fingerprint density at radius 1 is 0.897 bits per heavy atom. The Balaban J connectivity index is 1.82. The van der Waals surface area contributed by atoms with Crippen LogP contribution in [0.25, 0.3) is 0 Å². The van der Waals surface area contributed by atoms with E-state index in [9.17, 15) is 17.6 Å². The first kappa shape index (κ1) is 21.1. The number of nitrogens with one attached hydrogen (secondary N) is 2. The van der Waals surface area contributed by atoms with Crippen LogP contribution in [0.5, 0.6) is 0 Å². The zero-order chi connectivity index (χ0) is 21.2. The molecule has 0 saturated carbocycles. The Morgan fingerprint density at radius 2 is 1.55 bits per heavy atom. The molecule has 5 nitrogen and oxygen atoms in total. The quantitative estimate of drug-likeness (QED) is 0.536. The summed E-state index contributed by atoms with van der Waals surface area (Å²) in [5, 5.41) is 3.22. The highest BCUT2D eigenvalue weighted by Crippen LogP contribution is 2.25. The van der Waals surface area contributed by atoms with Crippen molar-refractivity contribution in [1.82, 2.24) is 0 Å². The fourth-order valence-corrected chi connectivity index (χ4v) is 3.90. The lowest BCUT2D eigenvalue weighted by atomic mass is 10.2. The van der Waals surface area contributed by atoms with E-state index in [0.29, 0.717) is 15.6 Å². The molecule has 0 bridgehead atoms. The van der Waals surface area contributed by atoms with E-state index in [2.05, 4.69) is 10.0 Å². The highest BCUT2D eigenvalue weighted by molar-refractivity contribution is 7.92. The number of aryl methyl sites for hydroxylation is 1. The minimum absolute atomic E-state index is 0.150. The van der Waals surface area contributed by atoms with Crippen LogP contribution in [0.2, 0.25) is 10.0 Å². The molecule has 0 heterocycles. The Kier molecular flexibility index (Phi) is 6.12. The molecule has 0 aliphatic heterocycles. The summed E-state index contributed by atoms with van der Waals surface area (Å²) < 4.78 is 42.0. The van der Waals surface area contributed by atoms with Gasteiger partial charge in [0.2, 0.25) is 0 Å². The maximum atomic E-state index is 14.5. The molecular formula is C20H15Cl2FN2O3S. The van der Waals surface area contributed by atoms with Crippen molar-refractivity contribution in [2.45, 2.75) is 11.8 Å². The first-order valence-corrected chi connectivity index (χ1v) is 10.5. The van der Waals surface area contributed by atoms with Crippen LogP contribution in [0.1, 0.15) is 15.9 Å². The van der Waals surface area contributed by atoms with Gasteiger partial charge in [-0.15, -0.1) is 0 Å². The Bertz CT molecular complexity index is 1180. The van der Waals surface area contributed by atoms with E-state index in [1.54, 1.807) is 19.1 Å². The van der Waals surface area contributed by atoms with E-state index in [0.717, 1.165) is 6.07 Å². The summed E-state index contributed by atoms with van der Waals surface area (Å²) in [5.74, 6) is -1.44. The van der Waals surface area contributed by atoms with E-state index in [1.165, 1.54) is 42.5 Å². The molecule has 0 aromatic heterocycles. The summed E-state index contributed by atoms with van der Waals surface area (Å²) in [6, 6.07) is 14.0. The van der Waals surface area contributed by atoms with Gasteiger partial charge in [0.15, 0.2) is 0 Å². The third-order valence-corrected chi connectivity index (χ3v) is 5.90. The van der Waals surface area contributed by atoms with Gasteiger partial charge in [0.25, 0.3) is 15.9 Å². The van der Waals surface area contributed by atoms with Gasteiger partial charge in [-0.25, -0.2) is 12.8 Å². The molecule has 150 valence electrons. The number of anilines is 2. The highest BCUT2D eigenvalue weighted by Gasteiger charge is 2.18. The highest BCUT2D eigenvalue weighted by atomic mass is 35.5. The molecule has 3 rings (SSSR count). The molecule has 0 aliphatic carbocycles. The molecule has 0 saturated heterocycles. The summed E-state index contributed by atoms with van der Waals surface area (Å²) in [6.45, 7) is 1.71. The predicted octanol–water partition coefficient (Wildman–Crippen LogP) is 5.49. The van der Waals surface area contributed by atoms with Crippen LogP contribution in [-0.4, -0.2) is 14.3 Å². The number of benzene rings is 3. The maximum Gasteiger partial charge on any atom is 0.262 e. The monoisotopic (exact) mass is 452 g/mol. The minimum atomic E-state index is -4.05. The Morgan fingerprint density at radius 3 is 2.21 bits per heavy atom. The Labute approximate surface area is 177 Å². The third kappa shape index (κ3) is 5.06. The normalized spacial score (nSPS) is 11.2. The van der Waals surface area contributed by atoms with Crippen molar-refractivity contribution >= 4 is 50.5 Å². The zero-order valence-corrected chi connectivity index (χ0v) is 17.4. The van der Waals surface area contributed by atoms with Gasteiger partial charge < -0.3 is 5.32 Å². The average Bonchev–Trinajstić information content (AvgIpc) is 2.66. The number of carbonyl (C=O) groups is 1. The smallest absolute Gasteiger partial charge is 0.262 e. The second-order valence-electron chi connectivity index (χ2n) is 6.17. The molecule has 0 spiro atoms. The van der Waals surface area contributed by atoms with Gasteiger partial charge >= 0.3 is 0 Å². The van der Waals surface area contributed by atoms with E-state index < -0.39 is 21.7 Å². The summed E-state index contributed by atoms with van der Waals surface area (Å²) in [6.07, 6.45) is 0. The number of amides is 1. The van der Waals surface area contributed by atoms with Crippen molar-refractivity contribution in [3.05, 3.63) is 87.7 Å². The van der Waals surface area contributed by atoms with Crippen LogP contribution < -0.4 is 10.0 Å². The first-order valence-electron chi connectivity index (χ1n) is 8.31. The molecule has 0 aliphatic rings. The number of hydrogen-bond donors (Lipinski definition) is 2. The first-order chi connectivity index (χ1) is 13.7. The largest absolute Gasteiger partial charge is 0.319 e. The summed E-state index contributed by atoms with van der Waals surface area (Å²) in [4.78, 5) is 11.9. The van der Waals surface area contributed by atoms with Crippen LogP contribution in [-0.2, 0) is 10.0 Å². The molecule has 9 heteroatoms. The lowest BCUT2D eigenvalue weighted by Crippen LogP contribution is -2.16. The lowest BCUT2D eigenvalue weighted by Gasteiger charge is -2.12. The van der Waals surface area contributed by atoms with E-state index >= 15 is 0 Å². The average molecular weight is 453 g/mol. The minimum Gasteiger partial charge on any atom is -0.319 e. The van der Waals surface area contributed by atoms with Gasteiger partial charge in [0.1, 0.15) is 5.82 Å². The third-order valence-electron chi connectivity index (χ3n) is 4.05. The van der Waals surface area contributed by atoms with Crippen LogP contribution in [0.4, 0.5) is 15.8 Å². The van der Waals surface area contributed by atoms with Gasteiger partial charge in [-0.05, 0) is 67.1 Å². The molecular weight excluding hydrogens is 438 g/mol. The molecule has 0 radical (unpaired) electrons. The number of carbonyl (C=O) groups excluding carboxylic acids is 1. The Hall–Kier alpha value is -2.61. The predicted molar refractivity (Wildman–Crippen MR) is 113 cm³/mol. The van der Waals surface area contributed by atoms with E-state index in [-0.39, 0.29) is 21.8 Å². The summed E-state index contributed by atoms with van der Waals surface area (Å²) in [7, 11) is -4.05. The standard InChI is InChI=1S/C20H15Cl2FN2O3S/c1-12-2-5-15(22)10-19(12)25-29(27,28)16-8-9-18(17(23)11-16)24-20(26)13-3-6-14(21)7-4-13/h2-11,25H,1H3,(H,24,26). The van der Waals surface area contributed by atoms with Crippen molar-refractivity contribution in [1.29, 1.82) is 0 Å². The molecule has 29 heavy (non-hydrogen) atoms. The molecule has 0 fully saturated rings. The van der Waals surface area contributed by atoms with Crippen LogP contribution in [0, 0.1) is 12.7 Å². The van der Waals surface area contributed by atoms with Crippen molar-refractivity contribution < 1.29 is 17.6 Å². The van der Waals surface area contributed by atoms with Crippen LogP contribution in [0.3, 0.4) is 0 Å². The molecule has 0 unspecified atom stereocenters. The number of sulfonamides is 1. The topological polar surface area (TPSA) is 75.3 Å². The number of halogens is 3. The fourth-order valence-electron chi connectivity index (χ4n) is 2.47. The molecule has 1 amide bonds. The van der Waals surface area contributed by atoms with Crippen molar-refractivity contribution in [2.24, 2.45) is 0 Å². The zero-order valence-electron chi connectivity index (χ0n) is 15.0. The lowest BCUT2D eigenvalue weighted by molar-refractivity contribution is 0.102. The van der Waals surface area contributed by atoms with E-state index in [1.807, 2.05) is 0 Å². The van der Waals surface area contributed by atoms with E-state index in [4.69, 9.17) is 23.2 Å². The van der Waals surface area contributed by atoms with Crippen molar-refractivity contribution in [3.8, 4) is 0 Å². The van der Waals surface area contributed by atoms with Gasteiger partial charge in [0.05, 0.1) is 16.3 Å². The summed E-state index contributed by atoms with van der Waals surface area (Å²) in [5.41, 5.74) is 1.08. The van der Waals surface area contributed by atoms with Crippen LogP contribution >= 0.6 is 23.2 Å². The molecule has 3 aromatic rings. The van der Waals surface area contributed by atoms with Crippen molar-refractivity contribution in [2.75, 3.05) is 10.0 Å². The number of hydrogen-bond acceptors (Lipinski definition) is 3. The second-order valence-corrected chi connectivity index (χ2v) is 8.72. The SMILES string of the molecule is Cc1ccc(Cl)cc1NS(=O)(=O)c1ccc(NC(=O)c2ccc(Cl)cc2)c(F)c1. The van der Waals surface area contributed by atoms with Gasteiger partial charge in [-0.2, -0.15) is 0 Å². The number of rotatable bonds is 5.